The number of benzene rings is 2. The Kier molecular flexibility index (Phi) is 5.81. The fourth-order valence-corrected chi connectivity index (χ4v) is 3.16. The van der Waals surface area contributed by atoms with Crippen LogP contribution in [-0.4, -0.2) is 33.7 Å². The van der Waals surface area contributed by atoms with Gasteiger partial charge in [-0.1, -0.05) is 24.6 Å². The normalized spacial score (nSPS) is 13.3. The van der Waals surface area contributed by atoms with E-state index in [0.29, 0.717) is 34.7 Å². The first kappa shape index (κ1) is 19.5. The number of rotatable bonds is 8. The quantitative estimate of drug-likeness (QED) is 0.522. The molecule has 1 heterocycles. The van der Waals surface area contributed by atoms with Gasteiger partial charge in [-0.3, -0.25) is 4.79 Å². The van der Waals surface area contributed by atoms with Crippen LogP contribution >= 0.6 is 11.6 Å². The topological polar surface area (TPSA) is 68.5 Å². The third-order valence-electron chi connectivity index (χ3n) is 4.67. The van der Waals surface area contributed by atoms with E-state index < -0.39 is 0 Å². The highest BCUT2D eigenvalue weighted by Gasteiger charge is 2.34. The lowest BCUT2D eigenvalue weighted by Crippen LogP contribution is -2.32. The second kappa shape index (κ2) is 8.66. The minimum absolute atomic E-state index is 0.0549. The van der Waals surface area contributed by atoms with Gasteiger partial charge in [0.25, 0.3) is 5.91 Å². The monoisotopic (exact) mass is 411 g/mol. The first-order chi connectivity index (χ1) is 14.1. The molecule has 6 nitrogen and oxygen atoms in total. The summed E-state index contributed by atoms with van der Waals surface area (Å²) in [5.74, 6) is 1.47. The van der Waals surface area contributed by atoms with Gasteiger partial charge in [-0.25, -0.2) is 0 Å². The maximum absolute atomic E-state index is 13.1. The molecule has 0 unspecified atom stereocenters. The third-order valence-corrected chi connectivity index (χ3v) is 4.92. The molecule has 0 atom stereocenters. The largest absolute Gasteiger partial charge is 0.494 e. The van der Waals surface area contributed by atoms with Crippen LogP contribution in [0.15, 0.2) is 52.9 Å². The zero-order chi connectivity index (χ0) is 20.2. The molecule has 0 radical (unpaired) electrons. The Morgan fingerprint density at radius 2 is 2.00 bits per heavy atom. The van der Waals surface area contributed by atoms with Crippen LogP contribution in [0, 0.1) is 0 Å². The molecule has 0 spiro atoms. The standard InChI is InChI=1S/C22H22ClN3O3/c1-2-12-28-19-5-3-4-16(13-19)22(27)26(18-10-11-18)14-20-24-25-21(29-20)15-6-8-17(23)9-7-15/h3-9,13,18H,2,10-12,14H2,1H3. The van der Waals surface area contributed by atoms with Crippen molar-refractivity contribution in [3.63, 3.8) is 0 Å². The average Bonchev–Trinajstić information content (AvgIpc) is 3.48. The molecule has 2 aromatic carbocycles. The van der Waals surface area contributed by atoms with Crippen molar-refractivity contribution >= 4 is 17.5 Å². The molecule has 0 bridgehead atoms. The molecule has 29 heavy (non-hydrogen) atoms. The van der Waals surface area contributed by atoms with Gasteiger partial charge >= 0.3 is 0 Å². The number of ether oxygens (including phenoxy) is 1. The van der Waals surface area contributed by atoms with Gasteiger partial charge in [-0.05, 0) is 61.7 Å². The fourth-order valence-electron chi connectivity index (χ4n) is 3.03. The van der Waals surface area contributed by atoms with Gasteiger partial charge in [0, 0.05) is 22.2 Å². The molecule has 1 aliphatic carbocycles. The number of hydrogen-bond acceptors (Lipinski definition) is 5. The van der Waals surface area contributed by atoms with E-state index in [1.54, 1.807) is 23.1 Å². The summed E-state index contributed by atoms with van der Waals surface area (Å²) in [7, 11) is 0. The summed E-state index contributed by atoms with van der Waals surface area (Å²) in [6, 6.07) is 14.7. The Morgan fingerprint density at radius 1 is 1.21 bits per heavy atom. The van der Waals surface area contributed by atoms with E-state index >= 15 is 0 Å². The van der Waals surface area contributed by atoms with Crippen LogP contribution in [0.2, 0.25) is 5.02 Å². The molecular weight excluding hydrogens is 390 g/mol. The summed E-state index contributed by atoms with van der Waals surface area (Å²) in [6.45, 7) is 2.95. The van der Waals surface area contributed by atoms with Crippen molar-refractivity contribution in [1.82, 2.24) is 15.1 Å². The molecule has 1 aliphatic rings. The lowest BCUT2D eigenvalue weighted by molar-refractivity contribution is 0.0714. The SMILES string of the molecule is CCCOc1cccc(C(=O)N(Cc2nnc(-c3ccc(Cl)cc3)o2)C2CC2)c1. The Morgan fingerprint density at radius 3 is 2.72 bits per heavy atom. The summed E-state index contributed by atoms with van der Waals surface area (Å²) in [5, 5.41) is 8.88. The summed E-state index contributed by atoms with van der Waals surface area (Å²) in [4.78, 5) is 14.9. The minimum atomic E-state index is -0.0549. The van der Waals surface area contributed by atoms with E-state index in [1.807, 2.05) is 37.3 Å². The highest BCUT2D eigenvalue weighted by Crippen LogP contribution is 2.31. The number of carbonyl (C=O) groups excluding carboxylic acids is 1. The van der Waals surface area contributed by atoms with Crippen LogP contribution in [0.3, 0.4) is 0 Å². The Labute approximate surface area is 174 Å². The van der Waals surface area contributed by atoms with E-state index in [1.165, 1.54) is 0 Å². The molecule has 7 heteroatoms. The smallest absolute Gasteiger partial charge is 0.254 e. The predicted molar refractivity (Wildman–Crippen MR) is 110 cm³/mol. The number of amides is 1. The molecule has 0 aliphatic heterocycles. The van der Waals surface area contributed by atoms with Crippen molar-refractivity contribution in [2.24, 2.45) is 0 Å². The second-order valence-corrected chi connectivity index (χ2v) is 7.48. The van der Waals surface area contributed by atoms with Crippen molar-refractivity contribution in [3.05, 3.63) is 65.0 Å². The lowest BCUT2D eigenvalue weighted by atomic mass is 10.2. The second-order valence-electron chi connectivity index (χ2n) is 7.05. The summed E-state index contributed by atoms with van der Waals surface area (Å²) < 4.78 is 11.5. The van der Waals surface area contributed by atoms with E-state index in [0.717, 1.165) is 24.8 Å². The van der Waals surface area contributed by atoms with Gasteiger partial charge in [0.1, 0.15) is 5.75 Å². The van der Waals surface area contributed by atoms with Gasteiger partial charge in [0.2, 0.25) is 11.8 Å². The van der Waals surface area contributed by atoms with Crippen molar-refractivity contribution in [3.8, 4) is 17.2 Å². The summed E-state index contributed by atoms with van der Waals surface area (Å²) in [5.41, 5.74) is 1.39. The maximum Gasteiger partial charge on any atom is 0.254 e. The summed E-state index contributed by atoms with van der Waals surface area (Å²) in [6.07, 6.45) is 2.88. The van der Waals surface area contributed by atoms with E-state index in [2.05, 4.69) is 10.2 Å². The number of aromatic nitrogens is 2. The molecule has 4 rings (SSSR count). The van der Waals surface area contributed by atoms with E-state index in [4.69, 9.17) is 20.8 Å². The van der Waals surface area contributed by atoms with Gasteiger partial charge in [0.05, 0.1) is 13.2 Å². The fraction of sp³-hybridized carbons (Fsp3) is 0.318. The molecule has 1 saturated carbocycles. The zero-order valence-electron chi connectivity index (χ0n) is 16.2. The third kappa shape index (κ3) is 4.77. The zero-order valence-corrected chi connectivity index (χ0v) is 16.9. The molecule has 3 aromatic rings. The molecule has 1 aromatic heterocycles. The molecule has 0 saturated heterocycles. The van der Waals surface area contributed by atoms with Gasteiger partial charge in [0.15, 0.2) is 0 Å². The van der Waals surface area contributed by atoms with Crippen molar-refractivity contribution < 1.29 is 13.9 Å². The summed E-state index contributed by atoms with van der Waals surface area (Å²) >= 11 is 5.93. The first-order valence-electron chi connectivity index (χ1n) is 9.76. The van der Waals surface area contributed by atoms with Crippen LogP contribution in [0.4, 0.5) is 0 Å². The van der Waals surface area contributed by atoms with Gasteiger partial charge in [-0.2, -0.15) is 0 Å². The average molecular weight is 412 g/mol. The van der Waals surface area contributed by atoms with Crippen LogP contribution in [0.1, 0.15) is 42.4 Å². The minimum Gasteiger partial charge on any atom is -0.494 e. The van der Waals surface area contributed by atoms with Gasteiger partial charge in [-0.15, -0.1) is 10.2 Å². The highest BCUT2D eigenvalue weighted by molar-refractivity contribution is 6.30. The van der Waals surface area contributed by atoms with Crippen molar-refractivity contribution in [1.29, 1.82) is 0 Å². The molecule has 0 N–H and O–H groups in total. The molecule has 1 fully saturated rings. The predicted octanol–water partition coefficient (Wildman–Crippen LogP) is 4.98. The van der Waals surface area contributed by atoms with Crippen LogP contribution < -0.4 is 4.74 Å². The number of halogens is 1. The first-order valence-corrected chi connectivity index (χ1v) is 10.1. The molecular formula is C22H22ClN3O3. The Balaban J connectivity index is 1.50. The van der Waals surface area contributed by atoms with Crippen LogP contribution in [-0.2, 0) is 6.54 Å². The van der Waals surface area contributed by atoms with Crippen molar-refractivity contribution in [2.45, 2.75) is 38.8 Å². The molecule has 1 amide bonds. The Bertz CT molecular complexity index is 983. The number of nitrogens with zero attached hydrogens (tertiary/aromatic N) is 3. The maximum atomic E-state index is 13.1. The van der Waals surface area contributed by atoms with Crippen LogP contribution in [0.25, 0.3) is 11.5 Å². The number of hydrogen-bond donors (Lipinski definition) is 0. The van der Waals surface area contributed by atoms with E-state index in [-0.39, 0.29) is 18.5 Å². The Hall–Kier alpha value is -2.86. The number of carbonyl (C=O) groups is 1. The van der Waals surface area contributed by atoms with Crippen molar-refractivity contribution in [2.75, 3.05) is 6.61 Å². The lowest BCUT2D eigenvalue weighted by Gasteiger charge is -2.21. The van der Waals surface area contributed by atoms with E-state index in [9.17, 15) is 4.79 Å². The highest BCUT2D eigenvalue weighted by atomic mass is 35.5. The van der Waals surface area contributed by atoms with Crippen LogP contribution in [0.5, 0.6) is 5.75 Å². The van der Waals surface area contributed by atoms with Gasteiger partial charge < -0.3 is 14.1 Å². The molecule has 150 valence electrons.